The summed E-state index contributed by atoms with van der Waals surface area (Å²) in [5, 5.41) is 8.38. The van der Waals surface area contributed by atoms with Crippen molar-refractivity contribution in [2.75, 3.05) is 7.11 Å². The second-order valence-electron chi connectivity index (χ2n) is 2.77. The number of halogens is 2. The summed E-state index contributed by atoms with van der Waals surface area (Å²) in [5.74, 6) is -3.39. The molecule has 0 fully saturated rings. The molecule has 0 atom stereocenters. The van der Waals surface area contributed by atoms with Crippen molar-refractivity contribution in [3.63, 3.8) is 0 Å². The van der Waals surface area contributed by atoms with Gasteiger partial charge >= 0.3 is 5.97 Å². The third kappa shape index (κ3) is 2.48. The first-order valence-corrected chi connectivity index (χ1v) is 4.03. The predicted molar refractivity (Wildman–Crippen MR) is 46.3 cm³/mol. The molecule has 1 aromatic carbocycles. The number of hydrogen-bond donors (Lipinski definition) is 2. The summed E-state index contributed by atoms with van der Waals surface area (Å²) in [4.78, 5) is 11.0. The van der Waals surface area contributed by atoms with Crippen LogP contribution in [0.5, 0.6) is 0 Å². The van der Waals surface area contributed by atoms with Crippen LogP contribution >= 0.6 is 0 Å². The Morgan fingerprint density at radius 3 is 2.73 bits per heavy atom. The third-order valence-electron chi connectivity index (χ3n) is 1.78. The summed E-state index contributed by atoms with van der Waals surface area (Å²) in [6.45, 7) is -0.0960. The van der Waals surface area contributed by atoms with E-state index in [0.717, 1.165) is 19.2 Å². The van der Waals surface area contributed by atoms with Gasteiger partial charge in [-0.25, -0.2) is 19.1 Å². The van der Waals surface area contributed by atoms with Crippen LogP contribution in [0.4, 0.5) is 8.78 Å². The zero-order valence-corrected chi connectivity index (χ0v) is 7.88. The molecule has 0 aromatic heterocycles. The van der Waals surface area contributed by atoms with Crippen molar-refractivity contribution in [1.82, 2.24) is 5.48 Å². The van der Waals surface area contributed by atoms with Crippen molar-refractivity contribution in [3.05, 3.63) is 34.9 Å². The molecule has 15 heavy (non-hydrogen) atoms. The molecule has 1 aromatic rings. The fourth-order valence-corrected chi connectivity index (χ4v) is 1.10. The maximum atomic E-state index is 13.1. The Kier molecular flexibility index (Phi) is 3.70. The van der Waals surface area contributed by atoms with Gasteiger partial charge in [-0.1, -0.05) is 0 Å². The maximum Gasteiger partial charge on any atom is 0.340 e. The van der Waals surface area contributed by atoms with E-state index in [1.807, 2.05) is 0 Å². The van der Waals surface area contributed by atoms with E-state index in [9.17, 15) is 13.6 Å². The summed E-state index contributed by atoms with van der Waals surface area (Å²) >= 11 is 0. The highest BCUT2D eigenvalue weighted by Gasteiger charge is 2.17. The quantitative estimate of drug-likeness (QED) is 0.590. The molecule has 0 aliphatic carbocycles. The molecule has 0 aliphatic heterocycles. The first kappa shape index (κ1) is 11.5. The van der Waals surface area contributed by atoms with Crippen LogP contribution in [0.15, 0.2) is 12.1 Å². The molecule has 0 aliphatic rings. The standard InChI is InChI=1S/C9H9F2NO3/c1-15-9(13)6-2-5(4-12-14)3-7(10)8(6)11/h2-3,12,14H,4H2,1H3. The number of benzene rings is 1. The molecule has 0 radical (unpaired) electrons. The first-order chi connectivity index (χ1) is 7.10. The normalized spacial score (nSPS) is 10.1. The minimum atomic E-state index is -1.26. The summed E-state index contributed by atoms with van der Waals surface area (Å²) in [6, 6.07) is 1.98. The van der Waals surface area contributed by atoms with E-state index < -0.39 is 23.2 Å². The van der Waals surface area contributed by atoms with E-state index in [2.05, 4.69) is 4.74 Å². The first-order valence-electron chi connectivity index (χ1n) is 4.03. The van der Waals surface area contributed by atoms with Gasteiger partial charge < -0.3 is 9.94 Å². The summed E-state index contributed by atoms with van der Waals surface area (Å²) in [6.07, 6.45) is 0. The van der Waals surface area contributed by atoms with Crippen LogP contribution in [0.2, 0.25) is 0 Å². The molecule has 2 N–H and O–H groups in total. The molecular weight excluding hydrogens is 208 g/mol. The van der Waals surface area contributed by atoms with Gasteiger partial charge in [-0.15, -0.1) is 0 Å². The predicted octanol–water partition coefficient (Wildman–Crippen LogP) is 1.23. The Morgan fingerprint density at radius 1 is 1.53 bits per heavy atom. The minimum absolute atomic E-state index is 0.0960. The van der Waals surface area contributed by atoms with Crippen LogP contribution in [0.1, 0.15) is 15.9 Å². The van der Waals surface area contributed by atoms with Crippen molar-refractivity contribution in [2.45, 2.75) is 6.54 Å². The number of hydroxylamine groups is 1. The van der Waals surface area contributed by atoms with E-state index in [-0.39, 0.29) is 12.1 Å². The SMILES string of the molecule is COC(=O)c1cc(CNO)cc(F)c1F. The van der Waals surface area contributed by atoms with E-state index in [0.29, 0.717) is 0 Å². The molecule has 0 bridgehead atoms. The molecule has 82 valence electrons. The second-order valence-corrected chi connectivity index (χ2v) is 2.77. The number of carbonyl (C=O) groups excluding carboxylic acids is 1. The van der Waals surface area contributed by atoms with Gasteiger partial charge in [0.05, 0.1) is 12.7 Å². The Balaban J connectivity index is 3.18. The Morgan fingerprint density at radius 2 is 2.20 bits per heavy atom. The number of rotatable bonds is 3. The van der Waals surface area contributed by atoms with Crippen molar-refractivity contribution >= 4 is 5.97 Å². The van der Waals surface area contributed by atoms with Crippen molar-refractivity contribution < 1.29 is 23.5 Å². The van der Waals surface area contributed by atoms with Gasteiger partial charge in [0, 0.05) is 6.54 Å². The average Bonchev–Trinajstić information content (AvgIpc) is 2.22. The molecule has 4 nitrogen and oxygen atoms in total. The molecule has 0 unspecified atom stereocenters. The van der Waals surface area contributed by atoms with Crippen LogP contribution in [0.25, 0.3) is 0 Å². The average molecular weight is 217 g/mol. The summed E-state index contributed by atoms with van der Waals surface area (Å²) in [7, 11) is 1.07. The smallest absolute Gasteiger partial charge is 0.340 e. The fraction of sp³-hybridized carbons (Fsp3) is 0.222. The highest BCUT2D eigenvalue weighted by molar-refractivity contribution is 5.89. The van der Waals surface area contributed by atoms with Crippen LogP contribution in [-0.4, -0.2) is 18.3 Å². The lowest BCUT2D eigenvalue weighted by Gasteiger charge is -2.05. The monoisotopic (exact) mass is 217 g/mol. The van der Waals surface area contributed by atoms with E-state index in [1.54, 1.807) is 5.48 Å². The zero-order chi connectivity index (χ0) is 11.4. The molecule has 6 heteroatoms. The number of carbonyl (C=O) groups is 1. The van der Waals surface area contributed by atoms with E-state index >= 15 is 0 Å². The van der Waals surface area contributed by atoms with Crippen molar-refractivity contribution in [1.29, 1.82) is 0 Å². The maximum absolute atomic E-state index is 13.1. The van der Waals surface area contributed by atoms with E-state index in [1.165, 1.54) is 0 Å². The number of hydrogen-bond acceptors (Lipinski definition) is 4. The largest absolute Gasteiger partial charge is 0.465 e. The number of esters is 1. The molecule has 0 saturated carbocycles. The second kappa shape index (κ2) is 4.81. The Labute approximate surface area is 84.4 Å². The molecule has 0 spiro atoms. The highest BCUT2D eigenvalue weighted by Crippen LogP contribution is 2.15. The van der Waals surface area contributed by atoms with Gasteiger partial charge in [0.25, 0.3) is 0 Å². The van der Waals surface area contributed by atoms with Crippen LogP contribution in [0, 0.1) is 11.6 Å². The zero-order valence-electron chi connectivity index (χ0n) is 7.88. The van der Waals surface area contributed by atoms with Gasteiger partial charge in [-0.3, -0.25) is 0 Å². The molecule has 1 rings (SSSR count). The van der Waals surface area contributed by atoms with Crippen LogP contribution < -0.4 is 5.48 Å². The number of ether oxygens (including phenoxy) is 1. The topological polar surface area (TPSA) is 58.6 Å². The third-order valence-corrected chi connectivity index (χ3v) is 1.78. The number of methoxy groups -OCH3 is 1. The molecule has 0 amide bonds. The fourth-order valence-electron chi connectivity index (χ4n) is 1.10. The summed E-state index contributed by atoms with van der Waals surface area (Å²) in [5.41, 5.74) is 1.51. The van der Waals surface area contributed by atoms with Gasteiger partial charge in [0.2, 0.25) is 0 Å². The van der Waals surface area contributed by atoms with E-state index in [4.69, 9.17) is 5.21 Å². The lowest BCUT2D eigenvalue weighted by Crippen LogP contribution is -2.11. The number of nitrogens with one attached hydrogen (secondary N) is 1. The minimum Gasteiger partial charge on any atom is -0.465 e. The van der Waals surface area contributed by atoms with Gasteiger partial charge in [0.15, 0.2) is 11.6 Å². The molecule has 0 heterocycles. The van der Waals surface area contributed by atoms with Gasteiger partial charge in [-0.2, -0.15) is 0 Å². The van der Waals surface area contributed by atoms with Crippen LogP contribution in [0.3, 0.4) is 0 Å². The molecular formula is C9H9F2NO3. The Bertz CT molecular complexity index is 382. The van der Waals surface area contributed by atoms with Crippen molar-refractivity contribution in [2.24, 2.45) is 0 Å². The molecule has 0 saturated heterocycles. The van der Waals surface area contributed by atoms with Crippen molar-refractivity contribution in [3.8, 4) is 0 Å². The van der Waals surface area contributed by atoms with Crippen LogP contribution in [-0.2, 0) is 11.3 Å². The lowest BCUT2D eigenvalue weighted by molar-refractivity contribution is 0.0594. The van der Waals surface area contributed by atoms with Gasteiger partial charge in [0.1, 0.15) is 0 Å². The summed E-state index contributed by atoms with van der Waals surface area (Å²) < 4.78 is 30.3. The Hall–Kier alpha value is -1.53. The lowest BCUT2D eigenvalue weighted by atomic mass is 10.1. The highest BCUT2D eigenvalue weighted by atomic mass is 19.2. The van der Waals surface area contributed by atoms with Gasteiger partial charge in [-0.05, 0) is 17.7 Å².